The van der Waals surface area contributed by atoms with Crippen LogP contribution in [-0.4, -0.2) is 276 Å². The molecular formula is C36H116O30Si6Ti2. The van der Waals surface area contributed by atoms with Crippen LogP contribution in [0.5, 0.6) is 0 Å². The first kappa shape index (κ1) is 131. The van der Waals surface area contributed by atoms with Crippen LogP contribution in [0.1, 0.15) is 85.1 Å². The Kier molecular flexibility index (Phi) is 171. The van der Waals surface area contributed by atoms with Crippen LogP contribution in [0.15, 0.2) is 0 Å². The van der Waals surface area contributed by atoms with E-state index in [-0.39, 0.29) is 103 Å². The molecule has 472 valence electrons. The van der Waals surface area contributed by atoms with Gasteiger partial charge in [0.1, 0.15) is 0 Å². The van der Waals surface area contributed by atoms with Crippen LogP contribution < -0.4 is 0 Å². The summed E-state index contributed by atoms with van der Waals surface area (Å²) in [6.45, 7) is 13.8. The molecule has 0 saturated heterocycles. The third kappa shape index (κ3) is 146. The molecule has 0 aromatic carbocycles. The average molecular weight is 1290 g/mol. The molecule has 0 fully saturated rings. The zero-order chi connectivity index (χ0) is 57.1. The van der Waals surface area contributed by atoms with Gasteiger partial charge in [0.15, 0.2) is 0 Å². The number of methoxy groups -OCH3 is 1. The summed E-state index contributed by atoms with van der Waals surface area (Å²) in [4.78, 5) is 43.3. The average Bonchev–Trinajstić information content (AvgIpc) is 3.30. The van der Waals surface area contributed by atoms with Gasteiger partial charge in [0.05, 0.1) is 7.11 Å². The first-order valence-electron chi connectivity index (χ1n) is 18.6. The Hall–Kier alpha value is 1.05. The number of hydrogen-bond donors (Lipinski definition) is 10. The maximum atomic E-state index is 9.33. The molecule has 30 nitrogen and oxygen atoms in total. The maximum Gasteiger partial charge on any atom is 0.764 e. The van der Waals surface area contributed by atoms with Crippen molar-refractivity contribution < 1.29 is 183 Å². The van der Waals surface area contributed by atoms with E-state index in [1.165, 1.54) is 121 Å². The minimum Gasteiger partial charge on any atom is -0.511 e. The number of ether oxygens (including phenoxy) is 1. The Morgan fingerprint density at radius 2 is 0.392 bits per heavy atom. The number of rotatable bonds is 17. The fourth-order valence-electron chi connectivity index (χ4n) is 1.50. The van der Waals surface area contributed by atoms with Crippen LogP contribution in [0.3, 0.4) is 0 Å². The molecule has 0 spiro atoms. The van der Waals surface area contributed by atoms with Gasteiger partial charge in [-0.1, -0.05) is 29.7 Å². The monoisotopic (exact) mass is 1290 g/mol. The second-order valence-corrected chi connectivity index (χ2v) is 23.8. The van der Waals surface area contributed by atoms with E-state index < -0.39 is 54.4 Å². The number of hydrogen-bond acceptors (Lipinski definition) is 28. The Morgan fingerprint density at radius 3 is 0.392 bits per heavy atom. The van der Waals surface area contributed by atoms with Gasteiger partial charge in [0.2, 0.25) is 0 Å². The van der Waals surface area contributed by atoms with Crippen molar-refractivity contribution in [3.8, 4) is 0 Å². The van der Waals surface area contributed by atoms with Crippen molar-refractivity contribution in [3.63, 3.8) is 0 Å². The van der Waals surface area contributed by atoms with E-state index >= 15 is 0 Å². The molecule has 0 atom stereocenters. The molecule has 38 heteroatoms. The first-order valence-corrected chi connectivity index (χ1v) is 28.2. The quantitative estimate of drug-likeness (QED) is 0.0828. The summed E-state index contributed by atoms with van der Waals surface area (Å²) in [5.74, 6) is 0. The van der Waals surface area contributed by atoms with Gasteiger partial charge < -0.3 is 135 Å². The normalized spacial score (nSPS) is 9.36. The van der Waals surface area contributed by atoms with E-state index in [1.54, 1.807) is 69.6 Å². The maximum absolute atomic E-state index is 9.33. The van der Waals surface area contributed by atoms with Crippen molar-refractivity contribution in [1.29, 1.82) is 0 Å². The molecule has 0 amide bonds. The van der Waals surface area contributed by atoms with Crippen molar-refractivity contribution in [1.82, 2.24) is 0 Å². The zero-order valence-electron chi connectivity index (χ0n) is 47.0. The van der Waals surface area contributed by atoms with Gasteiger partial charge in [-0.05, 0) is 55.4 Å². The third-order valence-corrected chi connectivity index (χ3v) is 12.8. The van der Waals surface area contributed by atoms with Gasteiger partial charge >= 0.3 is 54.4 Å². The fourth-order valence-corrected chi connectivity index (χ4v) is 4.50. The van der Waals surface area contributed by atoms with Crippen molar-refractivity contribution >= 4 is 54.4 Å². The molecule has 74 heavy (non-hydrogen) atoms. The van der Waals surface area contributed by atoms with E-state index in [1.807, 2.05) is 0 Å². The molecule has 0 rings (SSSR count). The van der Waals surface area contributed by atoms with Crippen LogP contribution in [0.2, 0.25) is 0 Å². The van der Waals surface area contributed by atoms with Gasteiger partial charge in [-0.25, -0.2) is 0 Å². The molecule has 0 unspecified atom stereocenters. The van der Waals surface area contributed by atoms with Gasteiger partial charge in [0.25, 0.3) is 0 Å². The Balaban J connectivity index is -0.0000000265. The minimum absolute atomic E-state index is 0. The van der Waals surface area contributed by atoms with Gasteiger partial charge in [-0.3, -0.25) is 4.46 Å². The second kappa shape index (κ2) is 96.3. The molecule has 0 heterocycles. The van der Waals surface area contributed by atoms with E-state index in [0.29, 0.717) is 0 Å². The standard InChI is InChI=1S/C4H12O4Si.4C3H10O4Si.4C3H8O.C2H6O.CH4O3Si.CH4O.4CH4.H2O.2Ti/c1-5-9(6-2,7-3)8-4;4*1-5-8(4,6-2)7-3;4*1-3(2)4;1-3-2;1-4-5(2)3;1-2;;;;;;;/h1-4H3;4*4H,1-3H3;4*3-4H,1-2H3;1-2H3;2H,1H3;2H,1H3;4*1H4;1H2;;. The third-order valence-electron chi connectivity index (χ3n) is 4.27. The minimum atomic E-state index is -3.17. The van der Waals surface area contributed by atoms with E-state index in [0.717, 1.165) is 7.11 Å². The summed E-state index contributed by atoms with van der Waals surface area (Å²) in [5.41, 5.74) is 0. The summed E-state index contributed by atoms with van der Waals surface area (Å²) in [5, 5.41) is 39.2. The summed E-state index contributed by atoms with van der Waals surface area (Å²) in [6.07, 6.45) is -0.667. The van der Waals surface area contributed by atoms with Crippen LogP contribution >= 0.6 is 0 Å². The van der Waals surface area contributed by atoms with Gasteiger partial charge in [-0.15, -0.1) is 0 Å². The number of aliphatic hydroxyl groups is 5. The zero-order valence-corrected chi connectivity index (χ0v) is 56.2. The van der Waals surface area contributed by atoms with Crippen molar-refractivity contribution in [2.45, 2.75) is 110 Å². The van der Waals surface area contributed by atoms with Gasteiger partial charge in [-0.2, -0.15) is 0 Å². The molecule has 0 aliphatic heterocycles. The Morgan fingerprint density at radius 1 is 0.324 bits per heavy atom. The van der Waals surface area contributed by atoms with Gasteiger partial charge in [0, 0.05) is 203 Å². The topological polar surface area (TPSA) is 417 Å². The molecule has 0 aromatic heterocycles. The number of aliphatic hydroxyl groups excluding tert-OH is 5. The molecule has 0 aromatic rings. The summed E-state index contributed by atoms with van der Waals surface area (Å²) < 4.78 is 90.7. The van der Waals surface area contributed by atoms with Crippen LogP contribution in [0.4, 0.5) is 0 Å². The molecule has 0 radical (unpaired) electrons. The van der Waals surface area contributed by atoms with E-state index in [2.05, 4.69) is 62.3 Å². The largest absolute Gasteiger partial charge is 0.764 e. The van der Waals surface area contributed by atoms with Crippen LogP contribution in [-0.2, 0) is 128 Å². The summed E-state index contributed by atoms with van der Waals surface area (Å²) >= 11 is 0. The predicted molar refractivity (Wildman–Crippen MR) is 286 cm³/mol. The summed E-state index contributed by atoms with van der Waals surface area (Å²) in [6, 6.07) is 0. The first-order chi connectivity index (χ1) is 30.6. The fraction of sp³-hybridized carbons (Fsp3) is 1.00. The van der Waals surface area contributed by atoms with Crippen molar-refractivity contribution in [3.05, 3.63) is 0 Å². The van der Waals surface area contributed by atoms with Crippen molar-refractivity contribution in [2.24, 2.45) is 0 Å². The molecule has 0 aliphatic carbocycles. The SMILES string of the molecule is C.C.C.C.CC(C)O.CC(C)O.CC(C)O.CC(C)O.CO.COC.CO[Si](=O)O.CO[Si](O)(OC)OC.CO[Si](O)(OC)OC.CO[Si](O)(OC)OC.CO[Si](O)(OC)OC.CO[Si](OC)(OC)OC.O.[Ti].[Ti]. The smallest absolute Gasteiger partial charge is 0.511 e. The Labute approximate surface area is 486 Å². The predicted octanol–water partition coefficient (Wildman–Crippen LogP) is -0.404. The molecule has 12 N–H and O–H groups in total. The Bertz CT molecular complexity index is 707. The molecule has 0 saturated carbocycles. The molecule has 0 bridgehead atoms. The van der Waals surface area contributed by atoms with E-state index in [4.69, 9.17) is 67.2 Å². The van der Waals surface area contributed by atoms with Crippen LogP contribution in [0, 0.1) is 0 Å². The van der Waals surface area contributed by atoms with E-state index in [9.17, 15) is 4.46 Å². The van der Waals surface area contributed by atoms with Crippen LogP contribution in [0.25, 0.3) is 0 Å². The second-order valence-electron chi connectivity index (χ2n) is 11.1. The van der Waals surface area contributed by atoms with Crippen molar-refractivity contribution in [2.75, 3.05) is 142 Å². The molecule has 0 aliphatic rings. The summed E-state index contributed by atoms with van der Waals surface area (Å²) in [7, 11) is 9.38. The molecular weight excluding hydrogens is 1180 g/mol.